The number of phosphoric acid groups is 1. The van der Waals surface area contributed by atoms with Crippen LogP contribution in [-0.2, 0) is 4.57 Å². The molecule has 1 atom stereocenters. The van der Waals surface area contributed by atoms with Gasteiger partial charge in [-0.25, -0.2) is 0 Å². The molecule has 5 nitrogen and oxygen atoms in total. The van der Waals surface area contributed by atoms with E-state index >= 15 is 0 Å². The van der Waals surface area contributed by atoms with Gasteiger partial charge in [0.25, 0.3) is 0 Å². The summed E-state index contributed by atoms with van der Waals surface area (Å²) in [6.07, 6.45) is 0. The molecule has 0 saturated heterocycles. The molecule has 4 N–H and O–H groups in total. The standard InChI is InChI=1S/Mg.H3N.H3O4P.H3P/c;;1-5(2,3)4;/h;1H3;(H3,1,2,3,4);1H3/q+2;;;/p-2. The molecule has 0 bridgehead atoms. The zero-order valence-electron chi connectivity index (χ0n) is 4.24. The molecular formula is H7MgNO4P2. The Hall–Kier alpha value is 1.27. The predicted molar refractivity (Wildman–Crippen MR) is 31.7 cm³/mol. The number of rotatable bonds is 0. The van der Waals surface area contributed by atoms with E-state index in [2.05, 4.69) is 0 Å². The Morgan fingerprint density at radius 2 is 1.38 bits per heavy atom. The molecule has 0 amide bonds. The van der Waals surface area contributed by atoms with Gasteiger partial charge in [-0.2, -0.15) is 9.90 Å². The molecule has 0 aromatic heterocycles. The van der Waals surface area contributed by atoms with E-state index in [1.54, 1.807) is 0 Å². The normalized spacial score (nSPS) is 7.38. The first-order valence-corrected chi connectivity index (χ1v) is 2.24. The molecule has 0 spiro atoms. The van der Waals surface area contributed by atoms with Crippen LogP contribution in [0, 0.1) is 0 Å². The smallest absolute Gasteiger partial charge is 0.790 e. The first-order valence-electron chi connectivity index (χ1n) is 0.748. The van der Waals surface area contributed by atoms with E-state index in [0.29, 0.717) is 0 Å². The van der Waals surface area contributed by atoms with Gasteiger partial charge in [-0.1, -0.05) is 0 Å². The Balaban J connectivity index is -0.0000000267. The molecule has 1 unspecified atom stereocenters. The van der Waals surface area contributed by atoms with Crippen molar-refractivity contribution in [1.29, 1.82) is 0 Å². The summed E-state index contributed by atoms with van der Waals surface area (Å²) in [7, 11) is -5.14. The number of hydrogen-bond donors (Lipinski definition) is 2. The van der Waals surface area contributed by atoms with Gasteiger partial charge in [0.1, 0.15) is 0 Å². The molecule has 0 radical (unpaired) electrons. The minimum absolute atomic E-state index is 0. The van der Waals surface area contributed by atoms with Gasteiger partial charge in [0.15, 0.2) is 0 Å². The van der Waals surface area contributed by atoms with Crippen LogP contribution in [0.5, 0.6) is 0 Å². The molecule has 48 valence electrons. The maximum absolute atomic E-state index is 8.66. The van der Waals surface area contributed by atoms with Crippen molar-refractivity contribution in [3.8, 4) is 0 Å². The van der Waals surface area contributed by atoms with Crippen molar-refractivity contribution < 1.29 is 19.2 Å². The van der Waals surface area contributed by atoms with E-state index in [1.807, 2.05) is 0 Å². The maximum Gasteiger partial charge on any atom is 2.00 e. The zero-order valence-corrected chi connectivity index (χ0v) is 7.96. The van der Waals surface area contributed by atoms with Crippen LogP contribution >= 0.6 is 17.7 Å². The van der Waals surface area contributed by atoms with Crippen LogP contribution in [0.15, 0.2) is 0 Å². The molecule has 0 aliphatic heterocycles. The summed E-state index contributed by atoms with van der Waals surface area (Å²) in [5.41, 5.74) is 0. The minimum Gasteiger partial charge on any atom is -0.790 e. The van der Waals surface area contributed by atoms with Crippen molar-refractivity contribution in [1.82, 2.24) is 6.15 Å². The van der Waals surface area contributed by atoms with Gasteiger partial charge in [0.2, 0.25) is 0 Å². The SMILES string of the molecule is N.O=P([O-])([O-])O.P.[Mg+2]. The first-order chi connectivity index (χ1) is 2.00. The summed E-state index contributed by atoms with van der Waals surface area (Å²) in [5.74, 6) is 0. The van der Waals surface area contributed by atoms with E-state index in [9.17, 15) is 0 Å². The molecule has 0 fully saturated rings. The van der Waals surface area contributed by atoms with Gasteiger partial charge in [0.05, 0.1) is 7.82 Å². The molecular weight excluding hydrogens is 164 g/mol. The second-order valence-corrected chi connectivity index (χ2v) is 1.41. The van der Waals surface area contributed by atoms with Gasteiger partial charge in [-0.05, 0) is 0 Å². The third kappa shape index (κ3) is 178. The number of hydrogen-bond acceptors (Lipinski definition) is 4. The summed E-state index contributed by atoms with van der Waals surface area (Å²) >= 11 is 0. The topological polar surface area (TPSA) is 118 Å². The third-order valence-corrected chi connectivity index (χ3v) is 0. The van der Waals surface area contributed by atoms with Crippen LogP contribution in [0.4, 0.5) is 0 Å². The largest absolute Gasteiger partial charge is 2.00 e. The van der Waals surface area contributed by atoms with Crippen molar-refractivity contribution in [2.75, 3.05) is 0 Å². The molecule has 8 heavy (non-hydrogen) atoms. The van der Waals surface area contributed by atoms with Crippen molar-refractivity contribution >= 4 is 40.8 Å². The van der Waals surface area contributed by atoms with Crippen LogP contribution in [0.25, 0.3) is 0 Å². The molecule has 0 rings (SSSR count). The van der Waals surface area contributed by atoms with Crippen molar-refractivity contribution in [2.45, 2.75) is 0 Å². The zero-order chi connectivity index (χ0) is 4.50. The van der Waals surface area contributed by atoms with Gasteiger partial charge >= 0.3 is 23.1 Å². The van der Waals surface area contributed by atoms with Crippen LogP contribution in [0.2, 0.25) is 0 Å². The first kappa shape index (κ1) is 22.8. The molecule has 0 aromatic carbocycles. The fourth-order valence-corrected chi connectivity index (χ4v) is 0. The fraction of sp³-hybridized carbons (Fsp3) is 0. The van der Waals surface area contributed by atoms with E-state index in [-0.39, 0.29) is 39.1 Å². The molecule has 0 aliphatic carbocycles. The van der Waals surface area contributed by atoms with Crippen molar-refractivity contribution in [3.05, 3.63) is 0 Å². The maximum atomic E-state index is 8.66. The predicted octanol–water partition coefficient (Wildman–Crippen LogP) is -2.35. The third-order valence-electron chi connectivity index (χ3n) is 0. The summed E-state index contributed by atoms with van der Waals surface area (Å²) < 4.78 is 8.66. The molecule has 0 heterocycles. The minimum atomic E-state index is -5.14. The Morgan fingerprint density at radius 3 is 1.38 bits per heavy atom. The van der Waals surface area contributed by atoms with E-state index in [0.717, 1.165) is 0 Å². The van der Waals surface area contributed by atoms with Crippen LogP contribution in [0.3, 0.4) is 0 Å². The average molecular weight is 171 g/mol. The van der Waals surface area contributed by atoms with Crippen LogP contribution in [-0.4, -0.2) is 27.9 Å². The average Bonchev–Trinajstić information content (AvgIpc) is 0.722. The Kier molecular flexibility index (Phi) is 23.6. The van der Waals surface area contributed by atoms with Crippen LogP contribution in [0.1, 0.15) is 0 Å². The van der Waals surface area contributed by atoms with E-state index in [4.69, 9.17) is 19.2 Å². The monoisotopic (exact) mass is 171 g/mol. The van der Waals surface area contributed by atoms with Gasteiger partial charge in [0, 0.05) is 0 Å². The summed E-state index contributed by atoms with van der Waals surface area (Å²) in [5, 5.41) is 0. The Morgan fingerprint density at radius 1 is 1.38 bits per heavy atom. The van der Waals surface area contributed by atoms with Crippen LogP contribution < -0.4 is 15.9 Å². The molecule has 0 aromatic rings. The second kappa shape index (κ2) is 8.27. The summed E-state index contributed by atoms with van der Waals surface area (Å²) in [6.45, 7) is 0. The summed E-state index contributed by atoms with van der Waals surface area (Å²) in [4.78, 5) is 24.3. The Bertz CT molecular complexity index is 60.2. The van der Waals surface area contributed by atoms with E-state index < -0.39 is 7.82 Å². The fourth-order valence-electron chi connectivity index (χ4n) is 0. The van der Waals surface area contributed by atoms with Gasteiger partial charge in [-0.15, -0.1) is 0 Å². The van der Waals surface area contributed by atoms with E-state index in [1.165, 1.54) is 0 Å². The van der Waals surface area contributed by atoms with Crippen molar-refractivity contribution in [2.24, 2.45) is 0 Å². The van der Waals surface area contributed by atoms with Gasteiger partial charge in [-0.3, -0.25) is 0 Å². The quantitative estimate of drug-likeness (QED) is 0.312. The Labute approximate surface area is 66.5 Å². The van der Waals surface area contributed by atoms with Crippen molar-refractivity contribution in [3.63, 3.8) is 0 Å². The summed E-state index contributed by atoms with van der Waals surface area (Å²) in [6, 6.07) is 0. The van der Waals surface area contributed by atoms with Gasteiger partial charge < -0.3 is 25.4 Å². The molecule has 0 aliphatic rings. The molecule has 8 heteroatoms. The second-order valence-electron chi connectivity index (χ2n) is 0.469. The molecule has 0 saturated carbocycles.